The molecule has 0 aromatic rings. The standard InChI is InChI=1S/C9H18N2O/c12-9-2-4-11(7-9)6-8-1-3-10-5-8/h8-10,12H,1-7H2/t8-,9+/m1/s1. The van der Waals surface area contributed by atoms with Crippen molar-refractivity contribution in [2.45, 2.75) is 18.9 Å². The molecule has 0 spiro atoms. The molecule has 2 rings (SSSR count). The number of likely N-dealkylation sites (tertiary alicyclic amines) is 1. The molecule has 2 fully saturated rings. The van der Waals surface area contributed by atoms with Crippen LogP contribution in [0.3, 0.4) is 0 Å². The van der Waals surface area contributed by atoms with Gasteiger partial charge in [0.05, 0.1) is 6.10 Å². The predicted octanol–water partition coefficient (Wildman–Crippen LogP) is -0.337. The molecule has 0 radical (unpaired) electrons. The van der Waals surface area contributed by atoms with Crippen molar-refractivity contribution in [3.05, 3.63) is 0 Å². The average Bonchev–Trinajstić information content (AvgIpc) is 2.63. The van der Waals surface area contributed by atoms with Crippen LogP contribution >= 0.6 is 0 Å². The summed E-state index contributed by atoms with van der Waals surface area (Å²) < 4.78 is 0. The van der Waals surface area contributed by atoms with Crippen molar-refractivity contribution in [1.29, 1.82) is 0 Å². The van der Waals surface area contributed by atoms with Crippen LogP contribution in [-0.4, -0.2) is 48.8 Å². The van der Waals surface area contributed by atoms with Gasteiger partial charge in [-0.3, -0.25) is 0 Å². The molecule has 0 aliphatic carbocycles. The van der Waals surface area contributed by atoms with Crippen molar-refractivity contribution in [2.75, 3.05) is 32.7 Å². The van der Waals surface area contributed by atoms with Gasteiger partial charge in [0, 0.05) is 19.6 Å². The highest BCUT2D eigenvalue weighted by molar-refractivity contribution is 4.80. The average molecular weight is 170 g/mol. The molecule has 0 aromatic heterocycles. The minimum Gasteiger partial charge on any atom is -0.392 e. The summed E-state index contributed by atoms with van der Waals surface area (Å²) in [6.07, 6.45) is 2.23. The molecule has 2 N–H and O–H groups in total. The molecule has 0 bridgehead atoms. The summed E-state index contributed by atoms with van der Waals surface area (Å²) in [6.45, 7) is 5.53. The van der Waals surface area contributed by atoms with Gasteiger partial charge in [-0.1, -0.05) is 0 Å². The second-order valence-corrected chi connectivity index (χ2v) is 4.06. The molecular formula is C9H18N2O. The highest BCUT2D eigenvalue weighted by Crippen LogP contribution is 2.14. The molecule has 2 aliphatic rings. The first-order valence-electron chi connectivity index (χ1n) is 4.96. The smallest absolute Gasteiger partial charge is 0.0679 e. The highest BCUT2D eigenvalue weighted by atomic mass is 16.3. The summed E-state index contributed by atoms with van der Waals surface area (Å²) in [7, 11) is 0. The van der Waals surface area contributed by atoms with Crippen molar-refractivity contribution in [3.8, 4) is 0 Å². The molecule has 0 saturated carbocycles. The molecule has 3 heteroatoms. The van der Waals surface area contributed by atoms with Gasteiger partial charge >= 0.3 is 0 Å². The number of hydrogen-bond donors (Lipinski definition) is 2. The Morgan fingerprint density at radius 1 is 1.42 bits per heavy atom. The van der Waals surface area contributed by atoms with Crippen LogP contribution < -0.4 is 5.32 Å². The van der Waals surface area contributed by atoms with Gasteiger partial charge in [-0.05, 0) is 31.8 Å². The third-order valence-electron chi connectivity index (χ3n) is 2.93. The molecule has 0 amide bonds. The first-order valence-corrected chi connectivity index (χ1v) is 4.96. The molecule has 0 unspecified atom stereocenters. The van der Waals surface area contributed by atoms with Crippen molar-refractivity contribution in [3.63, 3.8) is 0 Å². The van der Waals surface area contributed by atoms with Crippen LogP contribution in [0.1, 0.15) is 12.8 Å². The topological polar surface area (TPSA) is 35.5 Å². The van der Waals surface area contributed by atoms with Gasteiger partial charge in [0.15, 0.2) is 0 Å². The van der Waals surface area contributed by atoms with Gasteiger partial charge < -0.3 is 15.3 Å². The van der Waals surface area contributed by atoms with E-state index < -0.39 is 0 Å². The number of nitrogens with one attached hydrogen (secondary N) is 1. The first kappa shape index (κ1) is 8.48. The summed E-state index contributed by atoms with van der Waals surface area (Å²) >= 11 is 0. The minimum atomic E-state index is -0.0561. The Morgan fingerprint density at radius 2 is 2.33 bits per heavy atom. The van der Waals surface area contributed by atoms with Gasteiger partial charge in [0.2, 0.25) is 0 Å². The fraction of sp³-hybridized carbons (Fsp3) is 1.00. The van der Waals surface area contributed by atoms with Gasteiger partial charge in [0.1, 0.15) is 0 Å². The van der Waals surface area contributed by atoms with Crippen LogP contribution in [0.2, 0.25) is 0 Å². The van der Waals surface area contributed by atoms with Crippen LogP contribution in [0.15, 0.2) is 0 Å². The Labute approximate surface area is 73.8 Å². The van der Waals surface area contributed by atoms with Gasteiger partial charge in [-0.15, -0.1) is 0 Å². The number of nitrogens with zero attached hydrogens (tertiary/aromatic N) is 1. The van der Waals surface area contributed by atoms with E-state index in [0.29, 0.717) is 0 Å². The highest BCUT2D eigenvalue weighted by Gasteiger charge is 2.24. The number of rotatable bonds is 2. The monoisotopic (exact) mass is 170 g/mol. The molecule has 70 valence electrons. The summed E-state index contributed by atoms with van der Waals surface area (Å²) in [5, 5.41) is 12.7. The van der Waals surface area contributed by atoms with E-state index in [0.717, 1.165) is 25.4 Å². The normalized spacial score (nSPS) is 37.8. The van der Waals surface area contributed by atoms with E-state index in [-0.39, 0.29) is 6.10 Å². The lowest BCUT2D eigenvalue weighted by atomic mass is 10.1. The summed E-state index contributed by atoms with van der Waals surface area (Å²) in [6, 6.07) is 0. The van der Waals surface area contributed by atoms with Crippen LogP contribution in [-0.2, 0) is 0 Å². The first-order chi connectivity index (χ1) is 5.84. The number of β-amino-alcohol motifs (C(OH)–C–C–N with tert-alkyl or cyclic N) is 1. The maximum atomic E-state index is 9.32. The van der Waals surface area contributed by atoms with E-state index >= 15 is 0 Å². The zero-order valence-corrected chi connectivity index (χ0v) is 7.50. The summed E-state index contributed by atoms with van der Waals surface area (Å²) in [5.41, 5.74) is 0. The van der Waals surface area contributed by atoms with Crippen LogP contribution in [0.4, 0.5) is 0 Å². The third-order valence-corrected chi connectivity index (χ3v) is 2.93. The van der Waals surface area contributed by atoms with Crippen LogP contribution in [0.5, 0.6) is 0 Å². The SMILES string of the molecule is O[C@H]1CCN(C[C@@H]2CCNC2)C1. The van der Waals surface area contributed by atoms with E-state index in [1.54, 1.807) is 0 Å². The zero-order chi connectivity index (χ0) is 8.39. The third kappa shape index (κ3) is 1.97. The lowest BCUT2D eigenvalue weighted by molar-refractivity contribution is 0.171. The molecule has 2 saturated heterocycles. The lowest BCUT2D eigenvalue weighted by Crippen LogP contribution is -2.29. The van der Waals surface area contributed by atoms with Crippen LogP contribution in [0, 0.1) is 5.92 Å². The number of hydrogen-bond acceptors (Lipinski definition) is 3. The fourth-order valence-corrected chi connectivity index (χ4v) is 2.21. The molecule has 0 aromatic carbocycles. The number of aliphatic hydroxyl groups is 1. The second kappa shape index (κ2) is 3.73. The van der Waals surface area contributed by atoms with Crippen molar-refractivity contribution in [2.24, 2.45) is 5.92 Å². The zero-order valence-electron chi connectivity index (χ0n) is 7.50. The van der Waals surface area contributed by atoms with Crippen molar-refractivity contribution in [1.82, 2.24) is 10.2 Å². The summed E-state index contributed by atoms with van der Waals surface area (Å²) in [4.78, 5) is 2.39. The fourth-order valence-electron chi connectivity index (χ4n) is 2.21. The van der Waals surface area contributed by atoms with Gasteiger partial charge in [-0.25, -0.2) is 0 Å². The molecule has 2 atom stereocenters. The van der Waals surface area contributed by atoms with E-state index in [1.165, 1.54) is 26.1 Å². The van der Waals surface area contributed by atoms with Crippen LogP contribution in [0.25, 0.3) is 0 Å². The molecule has 2 aliphatic heterocycles. The molecule has 3 nitrogen and oxygen atoms in total. The van der Waals surface area contributed by atoms with Gasteiger partial charge in [-0.2, -0.15) is 0 Å². The molecule has 12 heavy (non-hydrogen) atoms. The Hall–Kier alpha value is -0.120. The predicted molar refractivity (Wildman–Crippen MR) is 48.0 cm³/mol. The molecule has 2 heterocycles. The largest absolute Gasteiger partial charge is 0.392 e. The number of aliphatic hydroxyl groups excluding tert-OH is 1. The Morgan fingerprint density at radius 3 is 2.92 bits per heavy atom. The molecular weight excluding hydrogens is 152 g/mol. The quantitative estimate of drug-likeness (QED) is 0.595. The van der Waals surface area contributed by atoms with E-state index in [2.05, 4.69) is 10.2 Å². The Bertz CT molecular complexity index is 145. The Kier molecular flexibility index (Phi) is 2.63. The van der Waals surface area contributed by atoms with E-state index in [1.807, 2.05) is 0 Å². The minimum absolute atomic E-state index is 0.0561. The van der Waals surface area contributed by atoms with Crippen molar-refractivity contribution >= 4 is 0 Å². The van der Waals surface area contributed by atoms with Crippen molar-refractivity contribution < 1.29 is 5.11 Å². The lowest BCUT2D eigenvalue weighted by Gasteiger charge is -2.18. The van der Waals surface area contributed by atoms with Gasteiger partial charge in [0.25, 0.3) is 0 Å². The second-order valence-electron chi connectivity index (χ2n) is 4.06. The van der Waals surface area contributed by atoms with E-state index in [9.17, 15) is 5.11 Å². The summed E-state index contributed by atoms with van der Waals surface area (Å²) in [5.74, 6) is 0.829. The maximum absolute atomic E-state index is 9.32. The maximum Gasteiger partial charge on any atom is 0.0679 e. The Balaban J connectivity index is 1.72. The van der Waals surface area contributed by atoms with E-state index in [4.69, 9.17) is 0 Å².